The third-order valence-electron chi connectivity index (χ3n) is 6.17. The molecule has 0 unspecified atom stereocenters. The number of fused-ring (bicyclic) bond motifs is 1. The number of aromatic carboxylic acids is 1. The fraction of sp³-hybridized carbons (Fsp3) is 0.292. The zero-order valence-electron chi connectivity index (χ0n) is 18.9. The highest BCUT2D eigenvalue weighted by molar-refractivity contribution is 7.08. The number of aromatic nitrogens is 5. The SMILES string of the molecule is Cc1cc(N2CC(C(=O)CCCc3ccccn3)C2)nc2c1c(=O)c(C(=O)O)cn2-c1ncns1. The van der Waals surface area contributed by atoms with Crippen LogP contribution >= 0.6 is 11.5 Å². The van der Waals surface area contributed by atoms with Gasteiger partial charge in [0, 0.05) is 49.1 Å². The molecular formula is C24H22N6O4S. The normalized spacial score (nSPS) is 13.7. The maximum absolute atomic E-state index is 12.9. The molecule has 35 heavy (non-hydrogen) atoms. The molecule has 1 aliphatic heterocycles. The fourth-order valence-electron chi connectivity index (χ4n) is 4.27. The van der Waals surface area contributed by atoms with Crippen LogP contribution < -0.4 is 10.3 Å². The second-order valence-electron chi connectivity index (χ2n) is 8.51. The van der Waals surface area contributed by atoms with Crippen LogP contribution in [0.3, 0.4) is 0 Å². The van der Waals surface area contributed by atoms with Crippen molar-refractivity contribution in [1.82, 2.24) is 23.9 Å². The van der Waals surface area contributed by atoms with Gasteiger partial charge in [-0.2, -0.15) is 4.37 Å². The lowest BCUT2D eigenvalue weighted by Gasteiger charge is -2.39. The van der Waals surface area contributed by atoms with Gasteiger partial charge in [-0.3, -0.25) is 19.1 Å². The first kappa shape index (κ1) is 22.8. The van der Waals surface area contributed by atoms with E-state index in [-0.39, 0.29) is 22.7 Å². The van der Waals surface area contributed by atoms with E-state index >= 15 is 0 Å². The lowest BCUT2D eigenvalue weighted by atomic mass is 9.91. The number of carboxylic acid groups (broad SMARTS) is 1. The second-order valence-corrected chi connectivity index (χ2v) is 9.27. The number of hydrogen-bond donors (Lipinski definition) is 1. The molecule has 4 aromatic rings. The van der Waals surface area contributed by atoms with Crippen molar-refractivity contribution in [1.29, 1.82) is 0 Å². The van der Waals surface area contributed by atoms with Crippen LogP contribution in [0.4, 0.5) is 5.82 Å². The molecule has 178 valence electrons. The van der Waals surface area contributed by atoms with Gasteiger partial charge in [-0.1, -0.05) is 6.07 Å². The molecule has 10 nitrogen and oxygen atoms in total. The summed E-state index contributed by atoms with van der Waals surface area (Å²) in [5, 5.41) is 10.2. The lowest BCUT2D eigenvalue weighted by molar-refractivity contribution is -0.123. The molecule has 1 saturated heterocycles. The van der Waals surface area contributed by atoms with Crippen molar-refractivity contribution in [3.8, 4) is 5.13 Å². The van der Waals surface area contributed by atoms with Gasteiger partial charge < -0.3 is 10.0 Å². The first-order valence-corrected chi connectivity index (χ1v) is 11.9. The zero-order chi connectivity index (χ0) is 24.5. The van der Waals surface area contributed by atoms with Gasteiger partial charge in [0.15, 0.2) is 5.65 Å². The van der Waals surface area contributed by atoms with E-state index in [0.717, 1.165) is 30.1 Å². The number of anilines is 1. The van der Waals surface area contributed by atoms with Crippen molar-refractivity contribution in [2.24, 2.45) is 5.92 Å². The summed E-state index contributed by atoms with van der Waals surface area (Å²) >= 11 is 1.07. The van der Waals surface area contributed by atoms with E-state index < -0.39 is 11.4 Å². The lowest BCUT2D eigenvalue weighted by Crippen LogP contribution is -2.51. The van der Waals surface area contributed by atoms with Gasteiger partial charge in [-0.15, -0.1) is 0 Å². The fourth-order valence-corrected chi connectivity index (χ4v) is 4.78. The number of rotatable bonds is 8. The molecule has 0 radical (unpaired) electrons. The Balaban J connectivity index is 1.36. The largest absolute Gasteiger partial charge is 0.477 e. The Kier molecular flexibility index (Phi) is 6.08. The van der Waals surface area contributed by atoms with Gasteiger partial charge in [0.1, 0.15) is 23.5 Å². The Labute approximate surface area is 204 Å². The molecule has 0 spiro atoms. The maximum atomic E-state index is 12.9. The third kappa shape index (κ3) is 4.42. The van der Waals surface area contributed by atoms with Crippen LogP contribution in [0.1, 0.15) is 34.5 Å². The number of aryl methyl sites for hydroxylation is 2. The summed E-state index contributed by atoms with van der Waals surface area (Å²) in [4.78, 5) is 52.3. The monoisotopic (exact) mass is 490 g/mol. The summed E-state index contributed by atoms with van der Waals surface area (Å²) in [5.41, 5.74) is 0.970. The minimum absolute atomic E-state index is 0.0590. The summed E-state index contributed by atoms with van der Waals surface area (Å²) in [5.74, 6) is -0.512. The van der Waals surface area contributed by atoms with E-state index in [2.05, 4.69) is 19.3 Å². The molecule has 5 rings (SSSR count). The first-order chi connectivity index (χ1) is 16.9. The van der Waals surface area contributed by atoms with Crippen molar-refractivity contribution in [2.75, 3.05) is 18.0 Å². The van der Waals surface area contributed by atoms with Crippen LogP contribution in [0.15, 0.2) is 47.8 Å². The highest BCUT2D eigenvalue weighted by Gasteiger charge is 2.33. The summed E-state index contributed by atoms with van der Waals surface area (Å²) in [6.07, 6.45) is 6.41. The van der Waals surface area contributed by atoms with E-state index in [0.29, 0.717) is 41.7 Å². The summed E-state index contributed by atoms with van der Waals surface area (Å²) in [7, 11) is 0. The van der Waals surface area contributed by atoms with Crippen LogP contribution in [0.2, 0.25) is 0 Å². The number of pyridine rings is 3. The Morgan fingerprint density at radius 2 is 2.06 bits per heavy atom. The molecule has 4 aromatic heterocycles. The zero-order valence-corrected chi connectivity index (χ0v) is 19.7. The third-order valence-corrected chi connectivity index (χ3v) is 6.84. The number of hydrogen-bond acceptors (Lipinski definition) is 9. The van der Waals surface area contributed by atoms with E-state index in [1.807, 2.05) is 23.1 Å². The summed E-state index contributed by atoms with van der Waals surface area (Å²) in [6.45, 7) is 2.86. The van der Waals surface area contributed by atoms with Crippen molar-refractivity contribution in [3.63, 3.8) is 0 Å². The van der Waals surface area contributed by atoms with Crippen LogP contribution in [-0.4, -0.2) is 53.8 Å². The Morgan fingerprint density at radius 3 is 2.74 bits per heavy atom. The van der Waals surface area contributed by atoms with Gasteiger partial charge in [-0.05, 0) is 43.5 Å². The molecule has 0 amide bonds. The van der Waals surface area contributed by atoms with Gasteiger partial charge in [0.25, 0.3) is 0 Å². The van der Waals surface area contributed by atoms with E-state index in [9.17, 15) is 19.5 Å². The van der Waals surface area contributed by atoms with Gasteiger partial charge in [0.2, 0.25) is 10.6 Å². The Bertz CT molecular complexity index is 1460. The number of carbonyl (C=O) groups excluding carboxylic acids is 1. The van der Waals surface area contributed by atoms with Crippen molar-refractivity contribution in [3.05, 3.63) is 70.0 Å². The van der Waals surface area contributed by atoms with Gasteiger partial charge in [0.05, 0.1) is 11.3 Å². The number of ketones is 1. The van der Waals surface area contributed by atoms with E-state index in [1.54, 1.807) is 19.2 Å². The smallest absolute Gasteiger partial charge is 0.341 e. The predicted octanol–water partition coefficient (Wildman–Crippen LogP) is 2.67. The summed E-state index contributed by atoms with van der Waals surface area (Å²) in [6, 6.07) is 7.55. The molecule has 5 heterocycles. The first-order valence-electron chi connectivity index (χ1n) is 11.2. The molecule has 11 heteroatoms. The van der Waals surface area contributed by atoms with Crippen LogP contribution in [0.5, 0.6) is 0 Å². The molecule has 0 aromatic carbocycles. The number of carbonyl (C=O) groups is 2. The van der Waals surface area contributed by atoms with Crippen LogP contribution in [-0.2, 0) is 11.2 Å². The highest BCUT2D eigenvalue weighted by atomic mass is 32.1. The average Bonchev–Trinajstić information content (AvgIpc) is 3.33. The maximum Gasteiger partial charge on any atom is 0.341 e. The molecule has 0 aliphatic carbocycles. The molecular weight excluding hydrogens is 468 g/mol. The molecule has 0 atom stereocenters. The standard InChI is InChI=1S/C24H22N6O4S/c1-14-9-19(29-10-15(11-29)18(31)7-4-6-16-5-2-3-8-25-16)28-22-20(14)21(32)17(23(33)34)12-30(22)24-26-13-27-35-24/h2-3,5,8-9,12-13,15H,4,6-7,10-11H2,1H3,(H,33,34). The molecule has 1 N–H and O–H groups in total. The van der Waals surface area contributed by atoms with Crippen LogP contribution in [0.25, 0.3) is 16.2 Å². The quantitative estimate of drug-likeness (QED) is 0.396. The number of carboxylic acids is 1. The highest BCUT2D eigenvalue weighted by Crippen LogP contribution is 2.29. The minimum atomic E-state index is -1.31. The topological polar surface area (TPSA) is 131 Å². The van der Waals surface area contributed by atoms with E-state index in [4.69, 9.17) is 0 Å². The van der Waals surface area contributed by atoms with Crippen molar-refractivity contribution >= 4 is 40.1 Å². The molecule has 1 fully saturated rings. The Hall–Kier alpha value is -3.99. The van der Waals surface area contributed by atoms with Gasteiger partial charge >= 0.3 is 5.97 Å². The minimum Gasteiger partial charge on any atom is -0.477 e. The van der Waals surface area contributed by atoms with Crippen molar-refractivity contribution < 1.29 is 14.7 Å². The molecule has 1 aliphatic rings. The van der Waals surface area contributed by atoms with Crippen molar-refractivity contribution in [2.45, 2.75) is 26.2 Å². The second kappa shape index (κ2) is 9.34. The van der Waals surface area contributed by atoms with Gasteiger partial charge in [-0.25, -0.2) is 14.8 Å². The predicted molar refractivity (Wildman–Crippen MR) is 130 cm³/mol. The summed E-state index contributed by atoms with van der Waals surface area (Å²) < 4.78 is 5.48. The molecule has 0 bridgehead atoms. The average molecular weight is 491 g/mol. The number of Topliss-reactive ketones (excluding diaryl/α,β-unsaturated/α-hetero) is 1. The Morgan fingerprint density at radius 1 is 1.23 bits per heavy atom. The molecule has 0 saturated carbocycles. The van der Waals surface area contributed by atoms with E-state index in [1.165, 1.54) is 17.1 Å². The van der Waals surface area contributed by atoms with Crippen LogP contribution in [0, 0.1) is 12.8 Å². The number of nitrogens with zero attached hydrogens (tertiary/aromatic N) is 6.